The molecular weight excluding hydrogens is 244 g/mol. The summed E-state index contributed by atoms with van der Waals surface area (Å²) < 4.78 is 0. The van der Waals surface area contributed by atoms with Gasteiger partial charge in [0.1, 0.15) is 0 Å². The van der Waals surface area contributed by atoms with Gasteiger partial charge in [-0.2, -0.15) is 0 Å². The molecule has 1 aromatic rings. The third kappa shape index (κ3) is 2.77. The van der Waals surface area contributed by atoms with E-state index in [1.807, 2.05) is 0 Å². The van der Waals surface area contributed by atoms with Crippen LogP contribution in [0.2, 0.25) is 0 Å². The van der Waals surface area contributed by atoms with Crippen molar-refractivity contribution in [3.63, 3.8) is 0 Å². The second kappa shape index (κ2) is 6.28. The number of nitrogens with two attached hydrogens (primary N) is 1. The van der Waals surface area contributed by atoms with Gasteiger partial charge in [-0.3, -0.25) is 4.90 Å². The van der Waals surface area contributed by atoms with E-state index < -0.39 is 0 Å². The van der Waals surface area contributed by atoms with Gasteiger partial charge in [-0.1, -0.05) is 56.0 Å². The molecule has 0 amide bonds. The molecule has 110 valence electrons. The van der Waals surface area contributed by atoms with Crippen LogP contribution in [0.5, 0.6) is 0 Å². The summed E-state index contributed by atoms with van der Waals surface area (Å²) in [5.41, 5.74) is 7.94. The number of hydrogen-bond acceptors (Lipinski definition) is 2. The monoisotopic (exact) mass is 272 g/mol. The fourth-order valence-electron chi connectivity index (χ4n) is 4.18. The quantitative estimate of drug-likeness (QED) is 0.833. The van der Waals surface area contributed by atoms with Crippen molar-refractivity contribution in [3.05, 3.63) is 35.9 Å². The maximum Gasteiger partial charge on any atom is 0.0460 e. The van der Waals surface area contributed by atoms with E-state index in [4.69, 9.17) is 5.73 Å². The average molecular weight is 272 g/mol. The van der Waals surface area contributed by atoms with Gasteiger partial charge < -0.3 is 5.73 Å². The van der Waals surface area contributed by atoms with Crippen molar-refractivity contribution < 1.29 is 0 Å². The van der Waals surface area contributed by atoms with Crippen LogP contribution in [0.15, 0.2) is 30.3 Å². The van der Waals surface area contributed by atoms with Gasteiger partial charge in [0.15, 0.2) is 0 Å². The molecule has 3 rings (SSSR count). The van der Waals surface area contributed by atoms with E-state index in [1.54, 1.807) is 0 Å². The predicted octanol–water partition coefficient (Wildman–Crippen LogP) is 3.66. The van der Waals surface area contributed by atoms with Crippen LogP contribution < -0.4 is 5.73 Å². The first kappa shape index (κ1) is 14.1. The van der Waals surface area contributed by atoms with Crippen molar-refractivity contribution in [2.75, 3.05) is 13.1 Å². The van der Waals surface area contributed by atoms with Gasteiger partial charge in [-0.15, -0.1) is 0 Å². The minimum atomic E-state index is 0.290. The van der Waals surface area contributed by atoms with E-state index in [-0.39, 0.29) is 5.54 Å². The molecule has 0 radical (unpaired) electrons. The zero-order valence-electron chi connectivity index (χ0n) is 12.6. The lowest BCUT2D eigenvalue weighted by Crippen LogP contribution is -2.51. The summed E-state index contributed by atoms with van der Waals surface area (Å²) in [6.45, 7) is 2.35. The largest absolute Gasteiger partial charge is 0.328 e. The highest BCUT2D eigenvalue weighted by molar-refractivity contribution is 5.25. The van der Waals surface area contributed by atoms with Gasteiger partial charge in [0.05, 0.1) is 0 Å². The highest BCUT2D eigenvalue weighted by atomic mass is 15.2. The number of benzene rings is 1. The Hall–Kier alpha value is -0.860. The van der Waals surface area contributed by atoms with Gasteiger partial charge in [0.25, 0.3) is 0 Å². The normalized spacial score (nSPS) is 25.2. The molecule has 0 aromatic heterocycles. The number of rotatable bonds is 2. The van der Waals surface area contributed by atoms with E-state index >= 15 is 0 Å². The SMILES string of the molecule is NC1CCN(C2(c3ccccc3)CCCCCC2)CC1. The standard InChI is InChI=1S/C18H28N2/c19-17-10-14-20(15-11-17)18(12-6-1-2-7-13-18)16-8-4-3-5-9-16/h3-5,8-9,17H,1-2,6-7,10-15,19H2. The van der Waals surface area contributed by atoms with Gasteiger partial charge >= 0.3 is 0 Å². The molecule has 0 spiro atoms. The Balaban J connectivity index is 1.90. The van der Waals surface area contributed by atoms with Crippen molar-refractivity contribution in [1.82, 2.24) is 4.90 Å². The molecule has 2 heteroatoms. The summed E-state index contributed by atoms with van der Waals surface area (Å²) in [6, 6.07) is 11.7. The summed E-state index contributed by atoms with van der Waals surface area (Å²) in [5.74, 6) is 0. The minimum Gasteiger partial charge on any atom is -0.328 e. The number of nitrogens with zero attached hydrogens (tertiary/aromatic N) is 1. The summed E-state index contributed by atoms with van der Waals surface area (Å²) in [4.78, 5) is 2.76. The Labute approximate surface area is 123 Å². The fourth-order valence-corrected chi connectivity index (χ4v) is 4.18. The maximum absolute atomic E-state index is 6.11. The lowest BCUT2D eigenvalue weighted by molar-refractivity contribution is 0.0441. The molecule has 2 fully saturated rings. The predicted molar refractivity (Wildman–Crippen MR) is 84.6 cm³/mol. The van der Waals surface area contributed by atoms with Crippen LogP contribution in [0.25, 0.3) is 0 Å². The van der Waals surface area contributed by atoms with Gasteiger partial charge in [0, 0.05) is 24.7 Å². The maximum atomic E-state index is 6.11. The van der Waals surface area contributed by atoms with E-state index in [9.17, 15) is 0 Å². The highest BCUT2D eigenvalue weighted by Crippen LogP contribution is 2.42. The van der Waals surface area contributed by atoms with Crippen molar-refractivity contribution in [2.45, 2.75) is 62.9 Å². The molecule has 1 aliphatic carbocycles. The third-order valence-corrected chi connectivity index (χ3v) is 5.39. The van der Waals surface area contributed by atoms with E-state index in [0.717, 1.165) is 12.8 Å². The smallest absolute Gasteiger partial charge is 0.0460 e. The Morgan fingerprint density at radius 1 is 0.900 bits per heavy atom. The molecule has 0 atom stereocenters. The topological polar surface area (TPSA) is 29.3 Å². The van der Waals surface area contributed by atoms with Crippen LogP contribution in [0.3, 0.4) is 0 Å². The molecule has 1 aromatic carbocycles. The first-order valence-electron chi connectivity index (χ1n) is 8.37. The van der Waals surface area contributed by atoms with Crippen LogP contribution >= 0.6 is 0 Å². The van der Waals surface area contributed by atoms with Crippen molar-refractivity contribution in [2.24, 2.45) is 5.73 Å². The van der Waals surface area contributed by atoms with Crippen LogP contribution in [0.4, 0.5) is 0 Å². The number of likely N-dealkylation sites (tertiary alicyclic amines) is 1. The molecule has 1 saturated heterocycles. The molecule has 2 N–H and O–H groups in total. The van der Waals surface area contributed by atoms with Crippen LogP contribution in [-0.4, -0.2) is 24.0 Å². The molecule has 0 bridgehead atoms. The Kier molecular flexibility index (Phi) is 4.42. The molecular formula is C18H28N2. The summed E-state index contributed by atoms with van der Waals surface area (Å²) >= 11 is 0. The van der Waals surface area contributed by atoms with Gasteiger partial charge in [-0.05, 0) is 31.2 Å². The van der Waals surface area contributed by atoms with Gasteiger partial charge in [-0.25, -0.2) is 0 Å². The van der Waals surface area contributed by atoms with Crippen LogP contribution in [0, 0.1) is 0 Å². The number of piperidine rings is 1. The molecule has 2 nitrogen and oxygen atoms in total. The molecule has 1 aliphatic heterocycles. The van der Waals surface area contributed by atoms with Crippen molar-refractivity contribution in [1.29, 1.82) is 0 Å². The summed E-state index contributed by atoms with van der Waals surface area (Å²) in [5, 5.41) is 0. The molecule has 1 saturated carbocycles. The van der Waals surface area contributed by atoms with Crippen molar-refractivity contribution >= 4 is 0 Å². The lowest BCUT2D eigenvalue weighted by Gasteiger charge is -2.47. The molecule has 0 unspecified atom stereocenters. The van der Waals surface area contributed by atoms with Crippen LogP contribution in [-0.2, 0) is 5.54 Å². The second-order valence-electron chi connectivity index (χ2n) is 6.64. The highest BCUT2D eigenvalue weighted by Gasteiger charge is 2.39. The molecule has 1 heterocycles. The zero-order valence-corrected chi connectivity index (χ0v) is 12.6. The second-order valence-corrected chi connectivity index (χ2v) is 6.64. The number of hydrogen-bond donors (Lipinski definition) is 1. The first-order chi connectivity index (χ1) is 9.81. The fraction of sp³-hybridized carbons (Fsp3) is 0.667. The van der Waals surface area contributed by atoms with E-state index in [0.29, 0.717) is 6.04 Å². The molecule has 20 heavy (non-hydrogen) atoms. The lowest BCUT2D eigenvalue weighted by atomic mass is 9.79. The van der Waals surface area contributed by atoms with Crippen molar-refractivity contribution in [3.8, 4) is 0 Å². The first-order valence-corrected chi connectivity index (χ1v) is 8.37. The minimum absolute atomic E-state index is 0.290. The van der Waals surface area contributed by atoms with Crippen LogP contribution in [0.1, 0.15) is 56.9 Å². The zero-order chi connectivity index (χ0) is 13.8. The summed E-state index contributed by atoms with van der Waals surface area (Å²) in [7, 11) is 0. The van der Waals surface area contributed by atoms with E-state index in [2.05, 4.69) is 35.2 Å². The Morgan fingerprint density at radius 3 is 2.10 bits per heavy atom. The van der Waals surface area contributed by atoms with E-state index in [1.165, 1.54) is 57.2 Å². The third-order valence-electron chi connectivity index (χ3n) is 5.39. The average Bonchev–Trinajstić information content (AvgIpc) is 2.76. The Bertz CT molecular complexity index is 399. The Morgan fingerprint density at radius 2 is 1.50 bits per heavy atom. The summed E-state index contributed by atoms with van der Waals surface area (Å²) in [6.07, 6.45) is 10.5. The van der Waals surface area contributed by atoms with Gasteiger partial charge in [0.2, 0.25) is 0 Å². The molecule has 2 aliphatic rings.